The van der Waals surface area contributed by atoms with Gasteiger partial charge < -0.3 is 9.47 Å². The van der Waals surface area contributed by atoms with Crippen molar-refractivity contribution in [3.63, 3.8) is 0 Å². The number of carbonyl (C=O) groups excluding carboxylic acids is 1. The lowest BCUT2D eigenvalue weighted by Crippen LogP contribution is -2.27. The van der Waals surface area contributed by atoms with E-state index in [1.165, 1.54) is 0 Å². The molecular weight excluding hydrogens is 401 g/mol. The van der Waals surface area contributed by atoms with Crippen molar-refractivity contribution < 1.29 is 23.4 Å². The van der Waals surface area contributed by atoms with Gasteiger partial charge in [0, 0.05) is 5.56 Å². The molecule has 0 aliphatic carbocycles. The number of nitrogens with one attached hydrogen (secondary N) is 1. The zero-order valence-electron chi connectivity index (χ0n) is 16.3. The molecule has 2 atom stereocenters. The molecule has 1 N–H and O–H groups in total. The minimum absolute atomic E-state index is 0.117. The van der Waals surface area contributed by atoms with Gasteiger partial charge >= 0.3 is 14.1 Å². The van der Waals surface area contributed by atoms with Crippen molar-refractivity contribution in [3.8, 4) is 0 Å². The van der Waals surface area contributed by atoms with Gasteiger partial charge in [0.2, 0.25) is 6.79 Å². The molecule has 3 aromatic carbocycles. The Morgan fingerprint density at radius 2 is 1.33 bits per heavy atom. The fourth-order valence-corrected chi connectivity index (χ4v) is 3.62. The van der Waals surface area contributed by atoms with Crippen molar-refractivity contribution in [2.24, 2.45) is 0 Å². The lowest BCUT2D eigenvalue weighted by Gasteiger charge is -2.10. The molecule has 6 nitrogen and oxygen atoms in total. The van der Waals surface area contributed by atoms with Crippen LogP contribution in [0.3, 0.4) is 0 Å². The van der Waals surface area contributed by atoms with Crippen molar-refractivity contribution in [2.75, 3.05) is 6.79 Å². The number of amides is 1. The molecule has 0 bridgehead atoms. The Labute approximate surface area is 176 Å². The molecule has 2 unspecified atom stereocenters. The summed E-state index contributed by atoms with van der Waals surface area (Å²) in [5, 5.41) is 2.64. The maximum atomic E-state index is 12.7. The predicted molar refractivity (Wildman–Crippen MR) is 114 cm³/mol. The van der Waals surface area contributed by atoms with Crippen LogP contribution in [0.1, 0.15) is 22.5 Å². The Kier molecular flexibility index (Phi) is 8.54. The van der Waals surface area contributed by atoms with Gasteiger partial charge in [0.05, 0.1) is 6.61 Å². The van der Waals surface area contributed by atoms with Crippen molar-refractivity contribution >= 4 is 14.1 Å². The van der Waals surface area contributed by atoms with Crippen LogP contribution in [0.15, 0.2) is 91.0 Å². The Hall–Kier alpha value is -3.05. The third-order valence-electron chi connectivity index (χ3n) is 4.17. The summed E-state index contributed by atoms with van der Waals surface area (Å²) in [5.41, 5.74) is 2.50. The molecule has 154 valence electrons. The second-order valence-corrected chi connectivity index (χ2v) is 7.73. The highest BCUT2D eigenvalue weighted by Gasteiger charge is 2.36. The number of benzene rings is 3. The molecule has 0 aliphatic rings. The quantitative estimate of drug-likeness (QED) is 0.263. The molecule has 0 fully saturated rings. The molecule has 0 aromatic heterocycles. The molecule has 7 heteroatoms. The van der Waals surface area contributed by atoms with Gasteiger partial charge in [0.1, 0.15) is 6.61 Å². The van der Waals surface area contributed by atoms with Crippen molar-refractivity contribution in [1.29, 1.82) is 0 Å². The topological polar surface area (TPSA) is 73.9 Å². The molecule has 3 rings (SSSR count). The summed E-state index contributed by atoms with van der Waals surface area (Å²) in [4.78, 5) is 12.3. The lowest BCUT2D eigenvalue weighted by molar-refractivity contribution is 0.00865. The Morgan fingerprint density at radius 3 is 1.93 bits per heavy atom. The van der Waals surface area contributed by atoms with Gasteiger partial charge in [0.25, 0.3) is 5.78 Å². The standard InChI is InChI=1S/C23H22NO5P/c25-23(28-17-20-12-6-2-7-13-20)24-22(21-14-8-3-9-15-21)30(26)29-18-27-16-19-10-4-1-5-11-19/h1-15,22H,16-18H2/p+1. The van der Waals surface area contributed by atoms with Crippen LogP contribution in [0.25, 0.3) is 0 Å². The summed E-state index contributed by atoms with van der Waals surface area (Å²) in [5.74, 6) is -0.857. The van der Waals surface area contributed by atoms with Gasteiger partial charge in [0.15, 0.2) is 0 Å². The van der Waals surface area contributed by atoms with Crippen LogP contribution in [-0.2, 0) is 31.8 Å². The van der Waals surface area contributed by atoms with Crippen LogP contribution in [0.5, 0.6) is 0 Å². The highest BCUT2D eigenvalue weighted by Crippen LogP contribution is 2.40. The van der Waals surface area contributed by atoms with E-state index in [9.17, 15) is 9.36 Å². The summed E-state index contributed by atoms with van der Waals surface area (Å²) in [6.45, 7) is 0.298. The molecule has 0 saturated heterocycles. The maximum Gasteiger partial charge on any atom is 0.540 e. The Balaban J connectivity index is 1.53. The van der Waals surface area contributed by atoms with Crippen molar-refractivity contribution in [1.82, 2.24) is 5.32 Å². The molecule has 30 heavy (non-hydrogen) atoms. The van der Waals surface area contributed by atoms with Gasteiger partial charge in [-0.2, -0.15) is 0 Å². The minimum Gasteiger partial charge on any atom is -0.445 e. The van der Waals surface area contributed by atoms with E-state index in [0.717, 1.165) is 11.1 Å². The molecule has 1 amide bonds. The maximum absolute atomic E-state index is 12.7. The van der Waals surface area contributed by atoms with Gasteiger partial charge in [-0.15, -0.1) is 4.52 Å². The summed E-state index contributed by atoms with van der Waals surface area (Å²) >= 11 is 0. The van der Waals surface area contributed by atoms with Gasteiger partial charge in [-0.05, 0) is 15.7 Å². The van der Waals surface area contributed by atoms with Gasteiger partial charge in [-0.25, -0.2) is 4.79 Å². The Morgan fingerprint density at radius 1 is 0.800 bits per heavy atom. The predicted octanol–water partition coefficient (Wildman–Crippen LogP) is 5.54. The molecule has 0 heterocycles. The van der Waals surface area contributed by atoms with Crippen LogP contribution >= 0.6 is 8.03 Å². The van der Waals surface area contributed by atoms with Crippen LogP contribution in [0.4, 0.5) is 4.79 Å². The SMILES string of the molecule is O=C(NC(c1ccccc1)[P+](=O)OCOCc1ccccc1)OCc1ccccc1. The van der Waals surface area contributed by atoms with E-state index < -0.39 is 19.9 Å². The number of ether oxygens (including phenoxy) is 2. The zero-order chi connectivity index (χ0) is 21.0. The largest absolute Gasteiger partial charge is 0.540 e. The summed E-state index contributed by atoms with van der Waals surface area (Å²) in [7, 11) is -2.29. The number of hydrogen-bond donors (Lipinski definition) is 1. The van der Waals surface area contributed by atoms with Crippen LogP contribution in [-0.4, -0.2) is 12.9 Å². The van der Waals surface area contributed by atoms with Crippen molar-refractivity contribution in [2.45, 2.75) is 19.0 Å². The third-order valence-corrected chi connectivity index (χ3v) is 5.38. The first-order valence-corrected chi connectivity index (χ1v) is 10.7. The first kappa shape index (κ1) is 21.7. The highest BCUT2D eigenvalue weighted by molar-refractivity contribution is 7.39. The second kappa shape index (κ2) is 11.8. The second-order valence-electron chi connectivity index (χ2n) is 6.39. The summed E-state index contributed by atoms with van der Waals surface area (Å²) in [6.07, 6.45) is -0.676. The van der Waals surface area contributed by atoms with Gasteiger partial charge in [-0.3, -0.25) is 5.32 Å². The first-order valence-electron chi connectivity index (χ1n) is 9.45. The average molecular weight is 424 g/mol. The Bertz CT molecular complexity index is 922. The fraction of sp³-hybridized carbons (Fsp3) is 0.174. The van der Waals surface area contributed by atoms with Crippen molar-refractivity contribution in [3.05, 3.63) is 108 Å². The first-order chi connectivity index (χ1) is 14.7. The van der Waals surface area contributed by atoms with E-state index in [1.807, 2.05) is 66.7 Å². The van der Waals surface area contributed by atoms with E-state index in [-0.39, 0.29) is 13.4 Å². The van der Waals surface area contributed by atoms with E-state index >= 15 is 0 Å². The molecule has 0 saturated carbocycles. The van der Waals surface area contributed by atoms with Crippen LogP contribution in [0.2, 0.25) is 0 Å². The minimum atomic E-state index is -2.29. The normalized spacial score (nSPS) is 12.1. The number of alkyl carbamates (subject to hydrolysis) is 1. The van der Waals surface area contributed by atoms with E-state index in [4.69, 9.17) is 14.0 Å². The number of carbonyl (C=O) groups is 1. The monoisotopic (exact) mass is 424 g/mol. The molecule has 0 radical (unpaired) electrons. The fourth-order valence-electron chi connectivity index (χ4n) is 2.67. The van der Waals surface area contributed by atoms with E-state index in [0.29, 0.717) is 12.2 Å². The molecule has 3 aromatic rings. The number of rotatable bonds is 10. The summed E-state index contributed by atoms with van der Waals surface area (Å²) in [6, 6.07) is 27.9. The van der Waals surface area contributed by atoms with Crippen LogP contribution in [0, 0.1) is 0 Å². The zero-order valence-corrected chi connectivity index (χ0v) is 17.2. The molecular formula is C23H23NO5P+. The van der Waals surface area contributed by atoms with E-state index in [1.54, 1.807) is 24.3 Å². The van der Waals surface area contributed by atoms with Gasteiger partial charge in [-0.1, -0.05) is 91.0 Å². The average Bonchev–Trinajstić information content (AvgIpc) is 2.81. The smallest absolute Gasteiger partial charge is 0.445 e. The molecule has 0 aliphatic heterocycles. The molecule has 0 spiro atoms. The number of hydrogen-bond acceptors (Lipinski definition) is 5. The van der Waals surface area contributed by atoms with E-state index in [2.05, 4.69) is 5.32 Å². The third kappa shape index (κ3) is 7.08. The highest BCUT2D eigenvalue weighted by atomic mass is 31.1. The summed E-state index contributed by atoms with van der Waals surface area (Å²) < 4.78 is 28.8. The van der Waals surface area contributed by atoms with Crippen LogP contribution < -0.4 is 5.32 Å². The lowest BCUT2D eigenvalue weighted by atomic mass is 10.2.